The monoisotopic (exact) mass is 253 g/mol. The molecule has 0 bridgehead atoms. The molecule has 1 fully saturated rings. The van der Waals surface area contributed by atoms with E-state index in [-0.39, 0.29) is 18.5 Å². The lowest BCUT2D eigenvalue weighted by Crippen LogP contribution is -2.40. The number of aliphatic carboxylic acids is 1. The topological polar surface area (TPSA) is 108 Å². The molecule has 96 valence electrons. The molecule has 1 aliphatic heterocycles. The third kappa shape index (κ3) is 2.25. The molecule has 2 heterocycles. The highest BCUT2D eigenvalue weighted by Crippen LogP contribution is 2.20. The van der Waals surface area contributed by atoms with Crippen LogP contribution in [0.2, 0.25) is 0 Å². The number of carbonyl (C=O) groups excluding carboxylic acids is 1. The number of aliphatic hydroxyl groups excluding tert-OH is 1. The molecule has 7 heteroatoms. The summed E-state index contributed by atoms with van der Waals surface area (Å²) in [5.41, 5.74) is -0.516. The highest BCUT2D eigenvalue weighted by Gasteiger charge is 2.39. The number of rotatable bonds is 2. The standard InChI is InChI=1S/C11H11NO6/c13-7-3-8(11(16)17)12(4-7)10(15)6-1-2-9(14)18-5-6/h1-2,5,7-8,13H,3-4H2,(H,16,17)/t7-,8-/m1/s1. The van der Waals surface area contributed by atoms with Crippen LogP contribution in [0.1, 0.15) is 16.8 Å². The molecule has 1 aromatic heterocycles. The van der Waals surface area contributed by atoms with Gasteiger partial charge in [-0.3, -0.25) is 4.79 Å². The van der Waals surface area contributed by atoms with Crippen molar-refractivity contribution in [2.24, 2.45) is 0 Å². The van der Waals surface area contributed by atoms with Crippen LogP contribution in [0.25, 0.3) is 0 Å². The number of carboxylic acids is 1. The normalized spacial score (nSPS) is 23.1. The Balaban J connectivity index is 2.25. The zero-order chi connectivity index (χ0) is 13.3. The van der Waals surface area contributed by atoms with Gasteiger partial charge in [0.1, 0.15) is 12.3 Å². The van der Waals surface area contributed by atoms with Gasteiger partial charge in [-0.1, -0.05) is 0 Å². The Kier molecular flexibility index (Phi) is 3.15. The first-order valence-corrected chi connectivity index (χ1v) is 5.29. The molecule has 0 spiro atoms. The summed E-state index contributed by atoms with van der Waals surface area (Å²) in [4.78, 5) is 34.8. The van der Waals surface area contributed by atoms with Crippen molar-refractivity contribution >= 4 is 11.9 Å². The van der Waals surface area contributed by atoms with Crippen molar-refractivity contribution in [1.29, 1.82) is 0 Å². The van der Waals surface area contributed by atoms with Gasteiger partial charge in [-0.15, -0.1) is 0 Å². The quantitative estimate of drug-likeness (QED) is 0.721. The van der Waals surface area contributed by atoms with E-state index >= 15 is 0 Å². The molecule has 0 unspecified atom stereocenters. The Hall–Kier alpha value is -2.15. The molecular weight excluding hydrogens is 242 g/mol. The van der Waals surface area contributed by atoms with Crippen molar-refractivity contribution in [2.75, 3.05) is 6.54 Å². The second kappa shape index (κ2) is 4.61. The van der Waals surface area contributed by atoms with Crippen LogP contribution in [0.3, 0.4) is 0 Å². The van der Waals surface area contributed by atoms with Crippen LogP contribution < -0.4 is 5.63 Å². The number of hydrogen-bond acceptors (Lipinski definition) is 5. The van der Waals surface area contributed by atoms with E-state index in [0.717, 1.165) is 17.2 Å². The first-order valence-electron chi connectivity index (χ1n) is 5.29. The molecule has 18 heavy (non-hydrogen) atoms. The number of carbonyl (C=O) groups is 2. The lowest BCUT2D eigenvalue weighted by atomic mass is 10.2. The van der Waals surface area contributed by atoms with Crippen molar-refractivity contribution in [3.8, 4) is 0 Å². The Morgan fingerprint density at radius 3 is 2.67 bits per heavy atom. The van der Waals surface area contributed by atoms with Gasteiger partial charge in [0.05, 0.1) is 11.7 Å². The maximum atomic E-state index is 12.0. The van der Waals surface area contributed by atoms with Gasteiger partial charge in [0.25, 0.3) is 5.91 Å². The van der Waals surface area contributed by atoms with Crippen LogP contribution in [-0.4, -0.2) is 45.7 Å². The summed E-state index contributed by atoms with van der Waals surface area (Å²) >= 11 is 0. The minimum Gasteiger partial charge on any atom is -0.480 e. The summed E-state index contributed by atoms with van der Waals surface area (Å²) in [7, 11) is 0. The van der Waals surface area contributed by atoms with Gasteiger partial charge < -0.3 is 19.5 Å². The van der Waals surface area contributed by atoms with Crippen LogP contribution in [0.5, 0.6) is 0 Å². The second-order valence-electron chi connectivity index (χ2n) is 4.04. The minimum absolute atomic E-state index is 0.00213. The van der Waals surface area contributed by atoms with Crippen LogP contribution in [0.15, 0.2) is 27.6 Å². The average molecular weight is 253 g/mol. The fraction of sp³-hybridized carbons (Fsp3) is 0.364. The van der Waals surface area contributed by atoms with Gasteiger partial charge in [0, 0.05) is 19.0 Å². The van der Waals surface area contributed by atoms with Crippen molar-refractivity contribution in [3.05, 3.63) is 34.4 Å². The number of likely N-dealkylation sites (tertiary alicyclic amines) is 1. The van der Waals surface area contributed by atoms with Gasteiger partial charge in [-0.05, 0) is 6.07 Å². The minimum atomic E-state index is -1.17. The van der Waals surface area contributed by atoms with E-state index in [1.54, 1.807) is 0 Å². The molecular formula is C11H11NO6. The number of aliphatic hydroxyl groups is 1. The second-order valence-corrected chi connectivity index (χ2v) is 4.04. The third-order valence-electron chi connectivity index (χ3n) is 2.77. The Morgan fingerprint density at radius 2 is 2.11 bits per heavy atom. The van der Waals surface area contributed by atoms with Crippen molar-refractivity contribution in [3.63, 3.8) is 0 Å². The van der Waals surface area contributed by atoms with E-state index < -0.39 is 29.6 Å². The third-order valence-corrected chi connectivity index (χ3v) is 2.77. The van der Waals surface area contributed by atoms with Gasteiger partial charge in [-0.2, -0.15) is 0 Å². The highest BCUT2D eigenvalue weighted by atomic mass is 16.4. The van der Waals surface area contributed by atoms with Crippen LogP contribution in [0.4, 0.5) is 0 Å². The van der Waals surface area contributed by atoms with E-state index in [1.165, 1.54) is 6.07 Å². The van der Waals surface area contributed by atoms with E-state index in [0.29, 0.717) is 0 Å². The first kappa shape index (κ1) is 12.3. The van der Waals surface area contributed by atoms with Gasteiger partial charge >= 0.3 is 11.6 Å². The number of carboxylic acid groups (broad SMARTS) is 1. The maximum Gasteiger partial charge on any atom is 0.335 e. The fourth-order valence-corrected chi connectivity index (χ4v) is 1.92. The molecule has 2 N–H and O–H groups in total. The highest BCUT2D eigenvalue weighted by molar-refractivity contribution is 5.96. The smallest absolute Gasteiger partial charge is 0.335 e. The van der Waals surface area contributed by atoms with Crippen LogP contribution in [0, 0.1) is 0 Å². The van der Waals surface area contributed by atoms with Crippen LogP contribution in [-0.2, 0) is 4.79 Å². The Morgan fingerprint density at radius 1 is 1.39 bits per heavy atom. The molecule has 0 saturated carbocycles. The molecule has 2 atom stereocenters. The van der Waals surface area contributed by atoms with Crippen LogP contribution >= 0.6 is 0 Å². The number of amides is 1. The molecule has 1 aliphatic rings. The Bertz CT molecular complexity index is 516. The largest absolute Gasteiger partial charge is 0.480 e. The number of β-amino-alcohol motifs (C(OH)–C–C–N with tert-alkyl or cyclic N) is 1. The van der Waals surface area contributed by atoms with Crippen molar-refractivity contribution < 1.29 is 24.2 Å². The average Bonchev–Trinajstić information content (AvgIpc) is 2.71. The molecule has 1 saturated heterocycles. The van der Waals surface area contributed by atoms with E-state index in [1.807, 2.05) is 0 Å². The lowest BCUT2D eigenvalue weighted by molar-refractivity contribution is -0.141. The van der Waals surface area contributed by atoms with Crippen molar-refractivity contribution in [2.45, 2.75) is 18.6 Å². The van der Waals surface area contributed by atoms with Gasteiger partial charge in [0.15, 0.2) is 0 Å². The zero-order valence-corrected chi connectivity index (χ0v) is 9.28. The van der Waals surface area contributed by atoms with E-state index in [2.05, 4.69) is 4.42 Å². The molecule has 7 nitrogen and oxygen atoms in total. The molecule has 0 aromatic carbocycles. The summed E-state index contributed by atoms with van der Waals surface area (Å²) in [5.74, 6) is -1.75. The fourth-order valence-electron chi connectivity index (χ4n) is 1.92. The summed E-state index contributed by atoms with van der Waals surface area (Å²) in [6, 6.07) is 1.28. The van der Waals surface area contributed by atoms with Gasteiger partial charge in [-0.25, -0.2) is 9.59 Å². The summed E-state index contributed by atoms with van der Waals surface area (Å²) < 4.78 is 4.55. The first-order chi connectivity index (χ1) is 8.49. The summed E-state index contributed by atoms with van der Waals surface area (Å²) in [5, 5.41) is 18.4. The molecule has 2 rings (SSSR count). The predicted molar refractivity (Wildman–Crippen MR) is 58.1 cm³/mol. The molecule has 1 aromatic rings. The van der Waals surface area contributed by atoms with Crippen molar-refractivity contribution in [1.82, 2.24) is 4.90 Å². The SMILES string of the molecule is O=C(O)[C@H]1C[C@@H](O)CN1C(=O)c1ccc(=O)oc1. The maximum absolute atomic E-state index is 12.0. The van der Waals surface area contributed by atoms with E-state index in [9.17, 15) is 19.5 Å². The van der Waals surface area contributed by atoms with E-state index in [4.69, 9.17) is 5.11 Å². The predicted octanol–water partition coefficient (Wildman–Crippen LogP) is -0.700. The zero-order valence-electron chi connectivity index (χ0n) is 9.28. The Labute approximate surface area is 101 Å². The number of hydrogen-bond donors (Lipinski definition) is 2. The number of nitrogens with zero attached hydrogens (tertiary/aromatic N) is 1. The molecule has 0 aliphatic carbocycles. The molecule has 0 radical (unpaired) electrons. The lowest BCUT2D eigenvalue weighted by Gasteiger charge is -2.20. The molecule has 1 amide bonds. The summed E-state index contributed by atoms with van der Waals surface area (Å²) in [6.07, 6.45) is 0.123. The van der Waals surface area contributed by atoms with Gasteiger partial charge in [0.2, 0.25) is 0 Å². The summed E-state index contributed by atoms with van der Waals surface area (Å²) in [6.45, 7) is -0.0467.